The molecule has 0 atom stereocenters. The summed E-state index contributed by atoms with van der Waals surface area (Å²) in [7, 11) is 2.04. The molecule has 0 amide bonds. The first-order valence-corrected chi connectivity index (χ1v) is 8.81. The molecule has 3 heterocycles. The second kappa shape index (κ2) is 4.50. The van der Waals surface area contributed by atoms with Crippen molar-refractivity contribution in [2.24, 2.45) is 7.05 Å². The van der Waals surface area contributed by atoms with Crippen molar-refractivity contribution in [3.63, 3.8) is 0 Å². The zero-order valence-corrected chi connectivity index (χ0v) is 14.5. The minimum atomic E-state index is -0.181. The van der Waals surface area contributed by atoms with Crippen LogP contribution in [0.15, 0.2) is 60.8 Å². The van der Waals surface area contributed by atoms with Crippen molar-refractivity contribution in [2.75, 3.05) is 0 Å². The molecule has 124 valence electrons. The summed E-state index contributed by atoms with van der Waals surface area (Å²) in [5.74, 6) is -0.181. The standard InChI is InChI=1S/C23H16FN2/c1-13-7-9-16-15-5-3-4-6-18(15)26-21(16)19(13)23-20-14(11-12-25(23)2)8-10-17(24)22(20)26/h3-12H,1-2H3/q+1. The van der Waals surface area contributed by atoms with Gasteiger partial charge in [0, 0.05) is 16.8 Å². The number of rotatable bonds is 0. The lowest BCUT2D eigenvalue weighted by Crippen LogP contribution is -2.29. The number of halogens is 1. The molecule has 0 aliphatic rings. The molecule has 26 heavy (non-hydrogen) atoms. The molecule has 6 rings (SSSR count). The third-order valence-electron chi connectivity index (χ3n) is 5.73. The molecule has 0 unspecified atom stereocenters. The number of hydrogen-bond donors (Lipinski definition) is 0. The Hall–Kier alpha value is -3.20. The summed E-state index contributed by atoms with van der Waals surface area (Å²) in [5, 5.41) is 5.58. The predicted molar refractivity (Wildman–Crippen MR) is 104 cm³/mol. The Labute approximate surface area is 149 Å². The molecule has 0 radical (unpaired) electrons. The van der Waals surface area contributed by atoms with Crippen molar-refractivity contribution in [3.8, 4) is 0 Å². The number of para-hydroxylation sites is 1. The van der Waals surface area contributed by atoms with Gasteiger partial charge < -0.3 is 4.40 Å². The van der Waals surface area contributed by atoms with Crippen molar-refractivity contribution < 1.29 is 8.96 Å². The van der Waals surface area contributed by atoms with E-state index in [2.05, 4.69) is 52.4 Å². The Morgan fingerprint density at radius 1 is 0.846 bits per heavy atom. The highest BCUT2D eigenvalue weighted by Gasteiger charge is 2.24. The van der Waals surface area contributed by atoms with Crippen LogP contribution in [0.25, 0.3) is 49.0 Å². The van der Waals surface area contributed by atoms with Crippen molar-refractivity contribution in [3.05, 3.63) is 72.2 Å². The number of fused-ring (bicyclic) bond motifs is 5. The summed E-state index contributed by atoms with van der Waals surface area (Å²) < 4.78 is 19.4. The smallest absolute Gasteiger partial charge is 0.224 e. The van der Waals surface area contributed by atoms with Crippen LogP contribution in [0, 0.1) is 12.7 Å². The molecule has 0 spiro atoms. The first kappa shape index (κ1) is 14.0. The second-order valence-corrected chi connectivity index (χ2v) is 7.14. The molecule has 0 saturated carbocycles. The van der Waals surface area contributed by atoms with Crippen LogP contribution in [-0.4, -0.2) is 4.40 Å². The first-order valence-electron chi connectivity index (χ1n) is 8.81. The van der Waals surface area contributed by atoms with E-state index in [4.69, 9.17) is 0 Å². The molecule has 0 aliphatic carbocycles. The van der Waals surface area contributed by atoms with Gasteiger partial charge >= 0.3 is 0 Å². The molecule has 0 aliphatic heterocycles. The quantitative estimate of drug-likeness (QED) is 0.203. The first-order chi connectivity index (χ1) is 12.7. The van der Waals surface area contributed by atoms with Gasteiger partial charge in [-0.15, -0.1) is 0 Å². The van der Waals surface area contributed by atoms with Crippen LogP contribution in [0.3, 0.4) is 0 Å². The average Bonchev–Trinajstić information content (AvgIpc) is 2.98. The van der Waals surface area contributed by atoms with E-state index in [-0.39, 0.29) is 5.82 Å². The molecule has 0 bridgehead atoms. The lowest BCUT2D eigenvalue weighted by molar-refractivity contribution is -0.643. The highest BCUT2D eigenvalue weighted by molar-refractivity contribution is 6.25. The van der Waals surface area contributed by atoms with E-state index >= 15 is 4.39 Å². The van der Waals surface area contributed by atoms with Crippen molar-refractivity contribution in [1.29, 1.82) is 0 Å². The van der Waals surface area contributed by atoms with E-state index in [1.54, 1.807) is 6.07 Å². The van der Waals surface area contributed by atoms with Gasteiger partial charge in [-0.1, -0.05) is 36.4 Å². The molecule has 0 N–H and O–H groups in total. The van der Waals surface area contributed by atoms with Gasteiger partial charge in [-0.05, 0) is 30.0 Å². The summed E-state index contributed by atoms with van der Waals surface area (Å²) in [5.41, 5.74) is 5.12. The number of hydrogen-bond acceptors (Lipinski definition) is 0. The maximum atomic E-state index is 15.2. The van der Waals surface area contributed by atoms with E-state index in [9.17, 15) is 0 Å². The lowest BCUT2D eigenvalue weighted by atomic mass is 10.00. The molecule has 3 aromatic carbocycles. The van der Waals surface area contributed by atoms with Gasteiger partial charge in [-0.2, -0.15) is 0 Å². The fourth-order valence-corrected chi connectivity index (χ4v) is 4.62. The third-order valence-corrected chi connectivity index (χ3v) is 5.73. The third kappa shape index (κ3) is 1.46. The van der Waals surface area contributed by atoms with Crippen LogP contribution in [0.2, 0.25) is 0 Å². The van der Waals surface area contributed by atoms with Gasteiger partial charge in [0.05, 0.1) is 27.3 Å². The van der Waals surface area contributed by atoms with Crippen LogP contribution in [0.5, 0.6) is 0 Å². The van der Waals surface area contributed by atoms with E-state index in [1.165, 1.54) is 16.3 Å². The Bertz CT molecular complexity index is 1500. The molecule has 6 aromatic rings. The summed E-state index contributed by atoms with van der Waals surface area (Å²) in [6, 6.07) is 18.2. The van der Waals surface area contributed by atoms with E-state index in [0.717, 1.165) is 32.7 Å². The van der Waals surface area contributed by atoms with Gasteiger partial charge in [0.1, 0.15) is 12.9 Å². The number of benzene rings is 3. The van der Waals surface area contributed by atoms with Gasteiger partial charge in [0.25, 0.3) is 0 Å². The average molecular weight is 339 g/mol. The molecule has 3 aromatic heterocycles. The molecule has 0 saturated heterocycles. The summed E-state index contributed by atoms with van der Waals surface area (Å²) >= 11 is 0. The van der Waals surface area contributed by atoms with Gasteiger partial charge in [-0.25, -0.2) is 8.96 Å². The van der Waals surface area contributed by atoms with Gasteiger partial charge in [0.2, 0.25) is 5.52 Å². The second-order valence-electron chi connectivity index (χ2n) is 7.14. The van der Waals surface area contributed by atoms with Crippen LogP contribution >= 0.6 is 0 Å². The maximum absolute atomic E-state index is 15.2. The molecular formula is C23H16FN2+. The van der Waals surface area contributed by atoms with Crippen molar-refractivity contribution in [1.82, 2.24) is 4.40 Å². The Balaban J connectivity index is 2.19. The number of nitrogens with zero attached hydrogens (tertiary/aromatic N) is 2. The van der Waals surface area contributed by atoms with E-state index < -0.39 is 0 Å². The topological polar surface area (TPSA) is 8.29 Å². The van der Waals surface area contributed by atoms with Gasteiger partial charge in [0.15, 0.2) is 6.20 Å². The maximum Gasteiger partial charge on any atom is 0.224 e. The fourth-order valence-electron chi connectivity index (χ4n) is 4.62. The minimum absolute atomic E-state index is 0.181. The number of pyridine rings is 2. The molecule has 3 heteroatoms. The SMILES string of the molecule is Cc1ccc2c3ccccc3n3c4c(F)ccc5cc[n+](C)c(c1c23)c54. The zero-order chi connectivity index (χ0) is 17.6. The van der Waals surface area contributed by atoms with Crippen molar-refractivity contribution >= 4 is 49.0 Å². The van der Waals surface area contributed by atoms with E-state index in [1.807, 2.05) is 25.2 Å². The lowest BCUT2D eigenvalue weighted by Gasteiger charge is -2.13. The minimum Gasteiger partial charge on any atom is -0.305 e. The van der Waals surface area contributed by atoms with Crippen LogP contribution in [0.1, 0.15) is 5.56 Å². The van der Waals surface area contributed by atoms with Gasteiger partial charge in [-0.3, -0.25) is 0 Å². The summed E-state index contributed by atoms with van der Waals surface area (Å²) in [6.45, 7) is 2.14. The van der Waals surface area contributed by atoms with E-state index in [0.29, 0.717) is 5.52 Å². The van der Waals surface area contributed by atoms with Crippen LogP contribution < -0.4 is 4.57 Å². The number of aryl methyl sites for hydroxylation is 2. The zero-order valence-electron chi connectivity index (χ0n) is 14.5. The van der Waals surface area contributed by atoms with Crippen LogP contribution in [-0.2, 0) is 7.05 Å². The molecular weight excluding hydrogens is 323 g/mol. The Morgan fingerprint density at radius 3 is 2.58 bits per heavy atom. The Kier molecular flexibility index (Phi) is 2.42. The largest absolute Gasteiger partial charge is 0.305 e. The highest BCUT2D eigenvalue weighted by atomic mass is 19.1. The molecule has 2 nitrogen and oxygen atoms in total. The number of aromatic nitrogens is 2. The predicted octanol–water partition coefficient (Wildman–Crippen LogP) is 5.26. The monoisotopic (exact) mass is 339 g/mol. The summed E-state index contributed by atoms with van der Waals surface area (Å²) in [4.78, 5) is 0. The van der Waals surface area contributed by atoms with Crippen LogP contribution in [0.4, 0.5) is 4.39 Å². The Morgan fingerprint density at radius 2 is 1.69 bits per heavy atom. The fraction of sp³-hybridized carbons (Fsp3) is 0.0870. The van der Waals surface area contributed by atoms with Crippen molar-refractivity contribution in [2.45, 2.75) is 6.92 Å². The normalized spacial score (nSPS) is 12.4. The molecule has 0 fully saturated rings. The highest BCUT2D eigenvalue weighted by Crippen LogP contribution is 2.40. The summed E-state index contributed by atoms with van der Waals surface area (Å²) in [6.07, 6.45) is 2.07.